The molecule has 5 rings (SSSR count). The maximum Gasteiger partial charge on any atom is 0.102 e. The summed E-state index contributed by atoms with van der Waals surface area (Å²) in [6.45, 7) is 10.0. The number of fused-ring (bicyclic) bond motifs is 5. The van der Waals surface area contributed by atoms with Crippen molar-refractivity contribution in [3.05, 3.63) is 29.6 Å². The molecule has 0 radical (unpaired) electrons. The number of hydrogen-bond acceptors (Lipinski definition) is 3. The Bertz CT molecular complexity index is 939. The van der Waals surface area contributed by atoms with Crippen LogP contribution in [-0.4, -0.2) is 20.5 Å². The first kappa shape index (κ1) is 22.2. The van der Waals surface area contributed by atoms with E-state index in [1.165, 1.54) is 51.4 Å². The molecule has 32 heavy (non-hydrogen) atoms. The normalized spacial score (nSPS) is 43.1. The van der Waals surface area contributed by atoms with Crippen molar-refractivity contribution in [2.45, 2.75) is 97.6 Å². The van der Waals surface area contributed by atoms with Crippen molar-refractivity contribution < 1.29 is 5.11 Å². The lowest BCUT2D eigenvalue weighted by molar-refractivity contribution is -0.105. The Labute approximate surface area is 194 Å². The van der Waals surface area contributed by atoms with Crippen molar-refractivity contribution >= 4 is 0 Å². The van der Waals surface area contributed by atoms with Crippen LogP contribution < -0.4 is 0 Å². The van der Waals surface area contributed by atoms with Gasteiger partial charge in [-0.1, -0.05) is 32.4 Å². The highest BCUT2D eigenvalue weighted by molar-refractivity contribution is 5.24. The van der Waals surface area contributed by atoms with Crippen LogP contribution in [0.3, 0.4) is 0 Å². The van der Waals surface area contributed by atoms with E-state index in [0.717, 1.165) is 24.2 Å². The molecule has 4 nitrogen and oxygen atoms in total. The van der Waals surface area contributed by atoms with Crippen LogP contribution in [-0.2, 0) is 6.54 Å². The van der Waals surface area contributed by atoms with E-state index in [4.69, 9.17) is 5.26 Å². The highest BCUT2D eigenvalue weighted by atomic mass is 16.3. The molecule has 0 aliphatic heterocycles. The summed E-state index contributed by atoms with van der Waals surface area (Å²) in [6, 6.07) is 2.15. The lowest BCUT2D eigenvalue weighted by Crippen LogP contribution is -2.53. The fourth-order valence-corrected chi connectivity index (χ4v) is 8.95. The second-order valence-corrected chi connectivity index (χ2v) is 12.5. The molecular weight excluding hydrogens is 394 g/mol. The van der Waals surface area contributed by atoms with Gasteiger partial charge in [-0.05, 0) is 105 Å². The van der Waals surface area contributed by atoms with E-state index in [1.807, 2.05) is 6.92 Å². The Morgan fingerprint density at radius 1 is 1.19 bits per heavy atom. The van der Waals surface area contributed by atoms with Crippen LogP contribution in [0.25, 0.3) is 0 Å². The van der Waals surface area contributed by atoms with Gasteiger partial charge in [0.1, 0.15) is 6.07 Å². The summed E-state index contributed by atoms with van der Waals surface area (Å²) in [6.07, 6.45) is 17.6. The second kappa shape index (κ2) is 7.73. The zero-order valence-electron chi connectivity index (χ0n) is 20.5. The zero-order chi connectivity index (χ0) is 22.7. The Kier molecular flexibility index (Phi) is 5.36. The molecule has 0 spiro atoms. The monoisotopic (exact) mass is 435 g/mol. The van der Waals surface area contributed by atoms with Crippen LogP contribution in [0.5, 0.6) is 0 Å². The average molecular weight is 436 g/mol. The number of nitriles is 1. The summed E-state index contributed by atoms with van der Waals surface area (Å²) in [4.78, 5) is 0. The maximum absolute atomic E-state index is 11.7. The van der Waals surface area contributed by atoms with Crippen molar-refractivity contribution in [2.75, 3.05) is 0 Å². The summed E-state index contributed by atoms with van der Waals surface area (Å²) in [5, 5.41) is 25.2. The van der Waals surface area contributed by atoms with Crippen LogP contribution >= 0.6 is 0 Å². The van der Waals surface area contributed by atoms with Crippen molar-refractivity contribution in [3.63, 3.8) is 0 Å². The van der Waals surface area contributed by atoms with Gasteiger partial charge in [0.15, 0.2) is 0 Å². The topological polar surface area (TPSA) is 61.8 Å². The summed E-state index contributed by atoms with van der Waals surface area (Å²) in [7, 11) is 0. The van der Waals surface area contributed by atoms with Gasteiger partial charge in [-0.25, -0.2) is 0 Å². The summed E-state index contributed by atoms with van der Waals surface area (Å²) < 4.78 is 1.77. The van der Waals surface area contributed by atoms with E-state index < -0.39 is 5.60 Å². The van der Waals surface area contributed by atoms with Crippen molar-refractivity contribution in [2.24, 2.45) is 40.4 Å². The predicted molar refractivity (Wildman–Crippen MR) is 127 cm³/mol. The SMILES string of the molecule is C[C@@H]1CCC2=CC[C@@H]3C(CC[C@@]4(C)C3CC[C@@H]4[C@@](C)(O)Cn3cc(C#N)cn3)[C@@]2(C)CC1. The predicted octanol–water partition coefficient (Wildman–Crippen LogP) is 6.11. The fourth-order valence-electron chi connectivity index (χ4n) is 8.95. The largest absolute Gasteiger partial charge is 0.388 e. The molecule has 3 saturated carbocycles. The smallest absolute Gasteiger partial charge is 0.102 e. The third-order valence-corrected chi connectivity index (χ3v) is 10.7. The highest BCUT2D eigenvalue weighted by Crippen LogP contribution is 2.67. The van der Waals surface area contributed by atoms with E-state index in [0.29, 0.717) is 23.4 Å². The molecule has 1 aromatic heterocycles. The summed E-state index contributed by atoms with van der Waals surface area (Å²) in [5.41, 5.74) is 2.12. The number of aromatic nitrogens is 2. The van der Waals surface area contributed by atoms with E-state index in [1.54, 1.807) is 22.6 Å². The first-order chi connectivity index (χ1) is 15.2. The van der Waals surface area contributed by atoms with Gasteiger partial charge in [0.25, 0.3) is 0 Å². The molecule has 0 saturated heterocycles. The lowest BCUT2D eigenvalue weighted by atomic mass is 9.48. The van der Waals surface area contributed by atoms with Crippen LogP contribution in [0.1, 0.15) is 91.0 Å². The number of hydrogen-bond donors (Lipinski definition) is 1. The van der Waals surface area contributed by atoms with Gasteiger partial charge in [-0.15, -0.1) is 0 Å². The van der Waals surface area contributed by atoms with Gasteiger partial charge in [-0.2, -0.15) is 10.4 Å². The molecule has 1 aromatic rings. The number of rotatable bonds is 3. The number of nitrogens with zero attached hydrogens (tertiary/aromatic N) is 3. The molecule has 4 aliphatic carbocycles. The minimum atomic E-state index is -0.813. The van der Waals surface area contributed by atoms with Gasteiger partial charge in [0.05, 0.1) is 23.9 Å². The minimum Gasteiger partial charge on any atom is -0.388 e. The standard InChI is InChI=1S/C28H41N3O/c1-19-5-6-21-7-8-22-23-9-10-25(28(4,32)18-31-17-20(15-29)16-30-31)27(23,3)14-12-24(22)26(21,2)13-11-19/h7,16-17,19,22-25,32H,5-6,8-14,18H2,1-4H3/t19-,22+,23?,24?,25+,26+,27+,28+/m1/s1. The van der Waals surface area contributed by atoms with Crippen LogP contribution in [0.2, 0.25) is 0 Å². The van der Waals surface area contributed by atoms with Crippen molar-refractivity contribution in [3.8, 4) is 6.07 Å². The first-order valence-electron chi connectivity index (χ1n) is 13.0. The number of allylic oxidation sites excluding steroid dienone is 2. The van der Waals surface area contributed by atoms with Gasteiger partial charge in [0, 0.05) is 6.20 Å². The van der Waals surface area contributed by atoms with E-state index in [9.17, 15) is 5.11 Å². The summed E-state index contributed by atoms with van der Waals surface area (Å²) >= 11 is 0. The van der Waals surface area contributed by atoms with Crippen molar-refractivity contribution in [1.29, 1.82) is 5.26 Å². The van der Waals surface area contributed by atoms with Gasteiger partial charge < -0.3 is 5.11 Å². The van der Waals surface area contributed by atoms with E-state index in [2.05, 4.69) is 38.0 Å². The third-order valence-electron chi connectivity index (χ3n) is 10.7. The van der Waals surface area contributed by atoms with Gasteiger partial charge in [0.2, 0.25) is 0 Å². The fraction of sp³-hybridized carbons (Fsp3) is 0.786. The Morgan fingerprint density at radius 3 is 2.75 bits per heavy atom. The van der Waals surface area contributed by atoms with Gasteiger partial charge >= 0.3 is 0 Å². The molecule has 174 valence electrons. The first-order valence-corrected chi connectivity index (χ1v) is 13.0. The quantitative estimate of drug-likeness (QED) is 0.583. The maximum atomic E-state index is 11.7. The molecule has 1 heterocycles. The Morgan fingerprint density at radius 2 is 2.00 bits per heavy atom. The van der Waals surface area contributed by atoms with Crippen LogP contribution in [0.15, 0.2) is 24.0 Å². The molecule has 2 unspecified atom stereocenters. The molecule has 0 bridgehead atoms. The lowest BCUT2D eigenvalue weighted by Gasteiger charge is -2.57. The zero-order valence-corrected chi connectivity index (χ0v) is 20.5. The van der Waals surface area contributed by atoms with E-state index in [-0.39, 0.29) is 11.3 Å². The average Bonchev–Trinajstić information content (AvgIpc) is 3.31. The molecule has 0 amide bonds. The Hall–Kier alpha value is -1.60. The highest BCUT2D eigenvalue weighted by Gasteiger charge is 2.61. The second-order valence-electron chi connectivity index (χ2n) is 12.5. The number of aliphatic hydroxyl groups is 1. The molecular formula is C28H41N3O. The molecule has 4 heteroatoms. The molecule has 3 fully saturated rings. The van der Waals surface area contributed by atoms with Crippen LogP contribution in [0, 0.1) is 51.8 Å². The molecule has 8 atom stereocenters. The van der Waals surface area contributed by atoms with Crippen LogP contribution in [0.4, 0.5) is 0 Å². The molecule has 4 aliphatic rings. The third kappa shape index (κ3) is 3.38. The van der Waals surface area contributed by atoms with E-state index >= 15 is 0 Å². The van der Waals surface area contributed by atoms with Crippen molar-refractivity contribution in [1.82, 2.24) is 9.78 Å². The minimum absolute atomic E-state index is 0.190. The van der Waals surface area contributed by atoms with Gasteiger partial charge in [-0.3, -0.25) is 4.68 Å². The summed E-state index contributed by atoms with van der Waals surface area (Å²) in [5.74, 6) is 3.44. The molecule has 1 N–H and O–H groups in total. The Balaban J connectivity index is 1.39. The molecule has 0 aromatic carbocycles.